The van der Waals surface area contributed by atoms with Crippen LogP contribution >= 0.6 is 0 Å². The number of nitrogens with two attached hydrogens (primary N) is 1. The maximum absolute atomic E-state index is 13.1. The van der Waals surface area contributed by atoms with E-state index in [1.165, 1.54) is 13.8 Å². The number of benzene rings is 1. The van der Waals surface area contributed by atoms with Crippen molar-refractivity contribution in [1.29, 1.82) is 0 Å². The first kappa shape index (κ1) is 17.7. The van der Waals surface area contributed by atoms with Crippen LogP contribution in [0.3, 0.4) is 0 Å². The van der Waals surface area contributed by atoms with Gasteiger partial charge in [0.2, 0.25) is 0 Å². The molecule has 1 unspecified atom stereocenters. The van der Waals surface area contributed by atoms with Crippen LogP contribution in [0.15, 0.2) is 47.0 Å². The zero-order valence-electron chi connectivity index (χ0n) is 15.1. The van der Waals surface area contributed by atoms with Crippen molar-refractivity contribution in [3.8, 4) is 0 Å². The van der Waals surface area contributed by atoms with Crippen LogP contribution in [-0.2, 0) is 29.3 Å². The fourth-order valence-corrected chi connectivity index (χ4v) is 3.78. The van der Waals surface area contributed by atoms with Gasteiger partial charge in [-0.05, 0) is 26.8 Å². The van der Waals surface area contributed by atoms with Crippen LogP contribution in [0.25, 0.3) is 0 Å². The number of para-hydroxylation sites is 1. The molecule has 0 saturated carbocycles. The summed E-state index contributed by atoms with van der Waals surface area (Å²) in [6.07, 6.45) is 0. The number of hydrogen-bond donors (Lipinski definition) is 1. The van der Waals surface area contributed by atoms with E-state index in [0.29, 0.717) is 11.3 Å². The molecule has 0 bridgehead atoms. The molecule has 2 N–H and O–H groups in total. The molecule has 136 valence electrons. The van der Waals surface area contributed by atoms with Gasteiger partial charge in [0, 0.05) is 18.3 Å². The predicted octanol–water partition coefficient (Wildman–Crippen LogP) is 1.53. The molecule has 1 atom stereocenters. The molecule has 3 rings (SSSR count). The van der Waals surface area contributed by atoms with Gasteiger partial charge in [-0.25, -0.2) is 9.59 Å². The lowest BCUT2D eigenvalue weighted by Crippen LogP contribution is -2.49. The smallest absolute Gasteiger partial charge is 0.339 e. The summed E-state index contributed by atoms with van der Waals surface area (Å²) in [4.78, 5) is 40.0. The van der Waals surface area contributed by atoms with E-state index in [-0.39, 0.29) is 35.1 Å². The van der Waals surface area contributed by atoms with Gasteiger partial charge in [0.1, 0.15) is 17.2 Å². The standard InChI is InChI=1S/C19H20N2O5/c1-5-25-17(23)15-16(20)21(4)13-9-7-6-8-12(13)19(15)14(10(2)22)11(3)26-18(19)24/h6-9H,5,20H2,1-4H3. The van der Waals surface area contributed by atoms with Crippen molar-refractivity contribution in [3.63, 3.8) is 0 Å². The number of Topliss-reactive ketones (excluding diaryl/α,β-unsaturated/α-hetero) is 1. The first-order chi connectivity index (χ1) is 12.3. The van der Waals surface area contributed by atoms with Crippen molar-refractivity contribution in [2.45, 2.75) is 26.2 Å². The molecular weight excluding hydrogens is 336 g/mol. The Morgan fingerprint density at radius 3 is 2.54 bits per heavy atom. The van der Waals surface area contributed by atoms with Gasteiger partial charge in [0.05, 0.1) is 12.2 Å². The predicted molar refractivity (Wildman–Crippen MR) is 93.8 cm³/mol. The van der Waals surface area contributed by atoms with Gasteiger partial charge in [-0.1, -0.05) is 18.2 Å². The number of carbonyl (C=O) groups excluding carboxylic acids is 3. The second-order valence-electron chi connectivity index (χ2n) is 6.18. The highest BCUT2D eigenvalue weighted by atomic mass is 16.5. The van der Waals surface area contributed by atoms with Crippen molar-refractivity contribution in [1.82, 2.24) is 0 Å². The largest absolute Gasteiger partial charge is 0.462 e. The minimum absolute atomic E-state index is 0.0487. The van der Waals surface area contributed by atoms with Crippen LogP contribution < -0.4 is 10.6 Å². The number of fused-ring (bicyclic) bond motifs is 2. The highest BCUT2D eigenvalue weighted by molar-refractivity contribution is 6.17. The summed E-state index contributed by atoms with van der Waals surface area (Å²) in [5, 5.41) is 0. The molecule has 0 saturated heterocycles. The molecule has 1 spiro atoms. The topological polar surface area (TPSA) is 98.9 Å². The first-order valence-corrected chi connectivity index (χ1v) is 8.23. The number of nitrogens with zero attached hydrogens (tertiary/aromatic N) is 1. The quantitative estimate of drug-likeness (QED) is 0.820. The van der Waals surface area contributed by atoms with Crippen molar-refractivity contribution < 1.29 is 23.9 Å². The normalized spacial score (nSPS) is 21.8. The molecule has 0 aliphatic carbocycles. The van der Waals surface area contributed by atoms with Gasteiger partial charge in [-0.2, -0.15) is 0 Å². The fraction of sp³-hybridized carbons (Fsp3) is 0.316. The molecule has 7 heteroatoms. The van der Waals surface area contributed by atoms with E-state index in [2.05, 4.69) is 0 Å². The molecule has 0 amide bonds. The van der Waals surface area contributed by atoms with E-state index in [1.54, 1.807) is 43.1 Å². The number of hydrogen-bond acceptors (Lipinski definition) is 7. The van der Waals surface area contributed by atoms with Crippen LogP contribution in [0.1, 0.15) is 26.3 Å². The third kappa shape index (κ3) is 2.09. The molecule has 0 aromatic heterocycles. The molecule has 2 aliphatic rings. The van der Waals surface area contributed by atoms with Crippen LogP contribution in [0.4, 0.5) is 5.69 Å². The Labute approximate surface area is 151 Å². The molecule has 1 aromatic carbocycles. The van der Waals surface area contributed by atoms with Crippen molar-refractivity contribution in [2.75, 3.05) is 18.6 Å². The summed E-state index contributed by atoms with van der Waals surface area (Å²) in [5.41, 5.74) is 5.62. The minimum atomic E-state index is -1.73. The Kier molecular flexibility index (Phi) is 4.10. The van der Waals surface area contributed by atoms with E-state index in [9.17, 15) is 14.4 Å². The van der Waals surface area contributed by atoms with E-state index < -0.39 is 17.4 Å². The van der Waals surface area contributed by atoms with E-state index in [0.717, 1.165) is 0 Å². The summed E-state index contributed by atoms with van der Waals surface area (Å²) in [6.45, 7) is 4.62. The van der Waals surface area contributed by atoms with Gasteiger partial charge in [-0.3, -0.25) is 4.79 Å². The number of allylic oxidation sites excluding steroid dienone is 1. The van der Waals surface area contributed by atoms with Crippen molar-refractivity contribution in [3.05, 3.63) is 52.6 Å². The highest BCUT2D eigenvalue weighted by Crippen LogP contribution is 2.53. The van der Waals surface area contributed by atoms with E-state index in [1.807, 2.05) is 0 Å². The molecule has 0 radical (unpaired) electrons. The first-order valence-electron chi connectivity index (χ1n) is 8.23. The Morgan fingerprint density at radius 1 is 1.27 bits per heavy atom. The molecule has 0 fully saturated rings. The van der Waals surface area contributed by atoms with Crippen LogP contribution in [0.2, 0.25) is 0 Å². The van der Waals surface area contributed by atoms with Gasteiger partial charge in [0.15, 0.2) is 11.2 Å². The lowest BCUT2D eigenvalue weighted by molar-refractivity contribution is -0.146. The Morgan fingerprint density at radius 2 is 1.92 bits per heavy atom. The molecule has 1 aromatic rings. The van der Waals surface area contributed by atoms with E-state index in [4.69, 9.17) is 15.2 Å². The highest BCUT2D eigenvalue weighted by Gasteiger charge is 2.62. The molecule has 26 heavy (non-hydrogen) atoms. The average Bonchev–Trinajstić information content (AvgIpc) is 2.84. The number of ether oxygens (including phenoxy) is 2. The number of esters is 2. The van der Waals surface area contributed by atoms with Crippen LogP contribution in [-0.4, -0.2) is 31.4 Å². The summed E-state index contributed by atoms with van der Waals surface area (Å²) in [6, 6.07) is 6.98. The van der Waals surface area contributed by atoms with Crippen LogP contribution in [0.5, 0.6) is 0 Å². The third-order valence-electron chi connectivity index (χ3n) is 4.77. The maximum atomic E-state index is 13.1. The molecule has 2 heterocycles. The zero-order valence-corrected chi connectivity index (χ0v) is 15.1. The van der Waals surface area contributed by atoms with Crippen LogP contribution in [0, 0.1) is 0 Å². The summed E-state index contributed by atoms with van der Waals surface area (Å²) < 4.78 is 10.5. The lowest BCUT2D eigenvalue weighted by Gasteiger charge is -2.39. The fourth-order valence-electron chi connectivity index (χ4n) is 3.78. The SMILES string of the molecule is CCOC(=O)C1=C(N)N(C)c2ccccc2C12C(=O)OC(C)=C2C(C)=O. The second-order valence-corrected chi connectivity index (χ2v) is 6.18. The Bertz CT molecular complexity index is 899. The monoisotopic (exact) mass is 356 g/mol. The number of ketones is 1. The Hall–Kier alpha value is -3.09. The number of rotatable bonds is 3. The lowest BCUT2D eigenvalue weighted by atomic mass is 9.65. The molecular formula is C19H20N2O5. The van der Waals surface area contributed by atoms with Gasteiger partial charge in [-0.15, -0.1) is 0 Å². The molecule has 7 nitrogen and oxygen atoms in total. The second kappa shape index (κ2) is 6.01. The Balaban J connectivity index is 2.47. The van der Waals surface area contributed by atoms with Crippen molar-refractivity contribution >= 4 is 23.4 Å². The van der Waals surface area contributed by atoms with Gasteiger partial charge in [0.25, 0.3) is 0 Å². The van der Waals surface area contributed by atoms with Gasteiger partial charge >= 0.3 is 11.9 Å². The minimum Gasteiger partial charge on any atom is -0.462 e. The van der Waals surface area contributed by atoms with Gasteiger partial charge < -0.3 is 20.1 Å². The average molecular weight is 356 g/mol. The summed E-state index contributed by atoms with van der Waals surface area (Å²) in [7, 11) is 1.69. The zero-order chi connectivity index (χ0) is 19.2. The molecule has 2 aliphatic heterocycles. The summed E-state index contributed by atoms with van der Waals surface area (Å²) >= 11 is 0. The number of cyclic esters (lactones) is 1. The van der Waals surface area contributed by atoms with Crippen molar-refractivity contribution in [2.24, 2.45) is 5.73 Å². The van der Waals surface area contributed by atoms with E-state index >= 15 is 0 Å². The summed E-state index contributed by atoms with van der Waals surface area (Å²) in [5.74, 6) is -1.64. The number of anilines is 1. The number of carbonyl (C=O) groups is 3. The maximum Gasteiger partial charge on any atom is 0.339 e. The third-order valence-corrected chi connectivity index (χ3v) is 4.77.